The lowest BCUT2D eigenvalue weighted by atomic mass is 9.86. The molecular formula is C9H15IO2S. The van der Waals surface area contributed by atoms with Crippen molar-refractivity contribution in [1.29, 1.82) is 0 Å². The minimum atomic E-state index is -0.160. The molecule has 0 aromatic heterocycles. The third-order valence-electron chi connectivity index (χ3n) is 2.98. The molecule has 1 aliphatic heterocycles. The number of hydrogen-bond acceptors (Lipinski definition) is 3. The highest BCUT2D eigenvalue weighted by Crippen LogP contribution is 2.39. The SMILES string of the molecule is ISCC1CCC2(CC1)OCCO2. The zero-order chi connectivity index (χ0) is 9.15. The molecule has 1 spiro atoms. The van der Waals surface area contributed by atoms with Gasteiger partial charge in [0.1, 0.15) is 0 Å². The van der Waals surface area contributed by atoms with Crippen LogP contribution in [0.4, 0.5) is 0 Å². The minimum absolute atomic E-state index is 0.160. The third-order valence-corrected chi connectivity index (χ3v) is 4.66. The fourth-order valence-electron chi connectivity index (χ4n) is 2.16. The van der Waals surface area contributed by atoms with Crippen LogP contribution in [0.2, 0.25) is 0 Å². The van der Waals surface area contributed by atoms with Crippen molar-refractivity contribution in [2.75, 3.05) is 19.0 Å². The second-order valence-corrected chi connectivity index (χ2v) is 6.25. The smallest absolute Gasteiger partial charge is 0.168 e. The van der Waals surface area contributed by atoms with Gasteiger partial charge in [-0.15, -0.1) is 0 Å². The molecule has 0 aromatic carbocycles. The van der Waals surface area contributed by atoms with Crippen LogP contribution in [0.25, 0.3) is 0 Å². The molecule has 2 nitrogen and oxygen atoms in total. The summed E-state index contributed by atoms with van der Waals surface area (Å²) < 4.78 is 11.4. The summed E-state index contributed by atoms with van der Waals surface area (Å²) in [5.74, 6) is 2.02. The van der Waals surface area contributed by atoms with Gasteiger partial charge in [0.25, 0.3) is 0 Å². The fourth-order valence-corrected chi connectivity index (χ4v) is 4.20. The average Bonchev–Trinajstić information content (AvgIpc) is 2.59. The van der Waals surface area contributed by atoms with E-state index in [0.717, 1.165) is 32.0 Å². The maximum Gasteiger partial charge on any atom is 0.168 e. The van der Waals surface area contributed by atoms with E-state index >= 15 is 0 Å². The van der Waals surface area contributed by atoms with Crippen LogP contribution >= 0.6 is 30.1 Å². The van der Waals surface area contributed by atoms with Crippen LogP contribution < -0.4 is 0 Å². The van der Waals surface area contributed by atoms with Gasteiger partial charge in [-0.3, -0.25) is 0 Å². The molecule has 2 fully saturated rings. The number of halogens is 1. The predicted octanol–water partition coefficient (Wildman–Crippen LogP) is 3.00. The minimum Gasteiger partial charge on any atom is -0.348 e. The highest BCUT2D eigenvalue weighted by Gasteiger charge is 2.39. The van der Waals surface area contributed by atoms with E-state index in [9.17, 15) is 0 Å². The van der Waals surface area contributed by atoms with Crippen molar-refractivity contribution in [2.24, 2.45) is 5.92 Å². The maximum absolute atomic E-state index is 5.68. The summed E-state index contributed by atoms with van der Waals surface area (Å²) in [5, 5.41) is 0. The van der Waals surface area contributed by atoms with E-state index in [0.29, 0.717) is 0 Å². The van der Waals surface area contributed by atoms with Crippen molar-refractivity contribution < 1.29 is 9.47 Å². The van der Waals surface area contributed by atoms with Crippen molar-refractivity contribution in [3.63, 3.8) is 0 Å². The first-order chi connectivity index (χ1) is 6.35. The Morgan fingerprint density at radius 1 is 1.23 bits per heavy atom. The van der Waals surface area contributed by atoms with Crippen LogP contribution in [-0.2, 0) is 9.47 Å². The molecule has 0 bridgehead atoms. The Hall–Kier alpha value is 1.00. The average molecular weight is 314 g/mol. The lowest BCUT2D eigenvalue weighted by Crippen LogP contribution is -2.35. The summed E-state index contributed by atoms with van der Waals surface area (Å²) in [4.78, 5) is 0. The van der Waals surface area contributed by atoms with Gasteiger partial charge in [0.05, 0.1) is 13.2 Å². The van der Waals surface area contributed by atoms with Gasteiger partial charge in [-0.2, -0.15) is 0 Å². The molecule has 1 heterocycles. The van der Waals surface area contributed by atoms with Crippen LogP contribution in [0, 0.1) is 5.92 Å². The molecule has 0 aromatic rings. The van der Waals surface area contributed by atoms with Gasteiger partial charge in [0.2, 0.25) is 0 Å². The molecule has 0 radical (unpaired) electrons. The summed E-state index contributed by atoms with van der Waals surface area (Å²) in [6, 6.07) is 0. The molecule has 2 aliphatic rings. The van der Waals surface area contributed by atoms with Crippen LogP contribution in [0.15, 0.2) is 0 Å². The Kier molecular flexibility index (Phi) is 3.79. The normalized spacial score (nSPS) is 28.4. The summed E-state index contributed by atoms with van der Waals surface area (Å²) >= 11 is 2.38. The van der Waals surface area contributed by atoms with Crippen molar-refractivity contribution in [2.45, 2.75) is 31.5 Å². The second kappa shape index (κ2) is 4.68. The van der Waals surface area contributed by atoms with Gasteiger partial charge >= 0.3 is 0 Å². The molecule has 1 aliphatic carbocycles. The Balaban J connectivity index is 1.81. The van der Waals surface area contributed by atoms with Crippen molar-refractivity contribution in [3.8, 4) is 0 Å². The Morgan fingerprint density at radius 3 is 2.38 bits per heavy atom. The third kappa shape index (κ3) is 2.52. The quantitative estimate of drug-likeness (QED) is 0.730. The monoisotopic (exact) mass is 314 g/mol. The molecule has 0 atom stereocenters. The first kappa shape index (κ1) is 10.5. The number of rotatable bonds is 2. The molecule has 0 N–H and O–H groups in total. The van der Waals surface area contributed by atoms with E-state index < -0.39 is 0 Å². The van der Waals surface area contributed by atoms with E-state index in [4.69, 9.17) is 9.47 Å². The Labute approximate surface area is 95.7 Å². The standard InChI is InChI=1S/C9H15IO2S/c10-13-7-8-1-3-9(4-2-8)11-5-6-12-9/h8H,1-7H2. The van der Waals surface area contributed by atoms with E-state index in [1.807, 2.05) is 8.93 Å². The van der Waals surface area contributed by atoms with E-state index in [1.54, 1.807) is 0 Å². The predicted molar refractivity (Wildman–Crippen MR) is 63.1 cm³/mol. The summed E-state index contributed by atoms with van der Waals surface area (Å²) in [7, 11) is 1.93. The van der Waals surface area contributed by atoms with E-state index in [1.165, 1.54) is 18.6 Å². The van der Waals surface area contributed by atoms with Gasteiger partial charge in [-0.1, -0.05) is 8.93 Å². The van der Waals surface area contributed by atoms with Gasteiger partial charge in [0, 0.05) is 18.6 Å². The lowest BCUT2D eigenvalue weighted by Gasteiger charge is -2.34. The Bertz CT molecular complexity index is 161. The van der Waals surface area contributed by atoms with E-state index in [2.05, 4.69) is 21.2 Å². The molecule has 2 rings (SSSR count). The summed E-state index contributed by atoms with van der Waals surface area (Å²) in [6.45, 7) is 1.59. The summed E-state index contributed by atoms with van der Waals surface area (Å²) in [6.07, 6.45) is 4.76. The van der Waals surface area contributed by atoms with E-state index in [-0.39, 0.29) is 5.79 Å². The van der Waals surface area contributed by atoms with Gasteiger partial charge in [0.15, 0.2) is 5.79 Å². The van der Waals surface area contributed by atoms with Crippen LogP contribution in [0.3, 0.4) is 0 Å². The van der Waals surface area contributed by atoms with Crippen LogP contribution in [0.5, 0.6) is 0 Å². The fraction of sp³-hybridized carbons (Fsp3) is 1.00. The Morgan fingerprint density at radius 2 is 1.85 bits per heavy atom. The second-order valence-electron chi connectivity index (χ2n) is 3.83. The van der Waals surface area contributed by atoms with Gasteiger partial charge < -0.3 is 9.47 Å². The van der Waals surface area contributed by atoms with Crippen LogP contribution in [0.1, 0.15) is 25.7 Å². The lowest BCUT2D eigenvalue weighted by molar-refractivity contribution is -0.181. The maximum atomic E-state index is 5.68. The first-order valence-corrected chi connectivity index (χ1v) is 8.39. The molecule has 76 valence electrons. The van der Waals surface area contributed by atoms with Crippen molar-refractivity contribution >= 4 is 30.1 Å². The molecule has 1 saturated carbocycles. The molecular weight excluding hydrogens is 299 g/mol. The van der Waals surface area contributed by atoms with Crippen LogP contribution in [-0.4, -0.2) is 24.8 Å². The molecule has 1 saturated heterocycles. The zero-order valence-electron chi connectivity index (χ0n) is 7.63. The number of hydrogen-bond donors (Lipinski definition) is 0. The highest BCUT2D eigenvalue weighted by atomic mass is 127. The zero-order valence-corrected chi connectivity index (χ0v) is 10.6. The molecule has 13 heavy (non-hydrogen) atoms. The summed E-state index contributed by atoms with van der Waals surface area (Å²) in [5.41, 5.74) is 0. The highest BCUT2D eigenvalue weighted by molar-refractivity contribution is 14.2. The molecule has 0 unspecified atom stereocenters. The van der Waals surface area contributed by atoms with Gasteiger partial charge in [-0.25, -0.2) is 0 Å². The topological polar surface area (TPSA) is 18.5 Å². The first-order valence-electron chi connectivity index (χ1n) is 4.86. The van der Waals surface area contributed by atoms with Gasteiger partial charge in [-0.05, 0) is 40.0 Å². The largest absolute Gasteiger partial charge is 0.348 e. The van der Waals surface area contributed by atoms with Crippen molar-refractivity contribution in [3.05, 3.63) is 0 Å². The number of ether oxygens (including phenoxy) is 2. The molecule has 0 amide bonds. The van der Waals surface area contributed by atoms with Crippen molar-refractivity contribution in [1.82, 2.24) is 0 Å². The molecule has 4 heteroatoms.